The molecule has 6 saturated heterocycles. The van der Waals surface area contributed by atoms with Crippen LogP contribution in [0.5, 0.6) is 5.75 Å². The molecule has 6 aromatic carbocycles. The van der Waals surface area contributed by atoms with Crippen LogP contribution >= 0.6 is 165 Å². The fraction of sp³-hybridized carbons (Fsp3) is 0.112. The maximum Gasteiger partial charge on any atom is 0.338 e. The minimum Gasteiger partial charge on any atom is -0.497 e. The molecule has 18 nitrogen and oxygen atoms in total. The Hall–Kier alpha value is -11.7. The summed E-state index contributed by atoms with van der Waals surface area (Å²) in [5.41, 5.74) is 12.5. The van der Waals surface area contributed by atoms with Crippen LogP contribution in [0.3, 0.4) is 0 Å². The number of ketones is 7. The van der Waals surface area contributed by atoms with E-state index in [1.165, 1.54) is 14.2 Å². The fourth-order valence-corrected chi connectivity index (χ4v) is 20.5. The summed E-state index contributed by atoms with van der Waals surface area (Å²) >= 11 is 51.6. The second kappa shape index (κ2) is 44.8. The summed E-state index contributed by atoms with van der Waals surface area (Å²) in [6.45, 7) is 3.44. The molecular weight excluding hydrogens is 1910 g/mol. The molecule has 0 aliphatic carbocycles. The van der Waals surface area contributed by atoms with Gasteiger partial charge in [0, 0.05) is 74.1 Å². The first kappa shape index (κ1) is 95.9. The van der Waals surface area contributed by atoms with E-state index in [-0.39, 0.29) is 65.3 Å². The Labute approximate surface area is 814 Å². The number of carbonyl (C=O) groups excluding carboxylic acids is 9. The van der Waals surface area contributed by atoms with Crippen LogP contribution < -0.4 is 36.6 Å². The molecule has 0 amide bonds. The number of methoxy groups -OCH3 is 3. The topological polar surface area (TPSA) is 253 Å². The van der Waals surface area contributed by atoms with Gasteiger partial charge in [-0.3, -0.25) is 33.6 Å². The highest BCUT2D eigenvalue weighted by atomic mass is 35.5. The van der Waals surface area contributed by atoms with E-state index in [0.29, 0.717) is 112 Å². The lowest BCUT2D eigenvalue weighted by atomic mass is 10.0. The molecule has 6 aliphatic heterocycles. The Bertz CT molecular complexity index is 6750. The Morgan fingerprint density at radius 2 is 0.585 bits per heavy atom. The first-order valence-electron chi connectivity index (χ1n) is 39.5. The van der Waals surface area contributed by atoms with Crippen molar-refractivity contribution in [2.45, 2.75) is 52.4 Å². The minimum atomic E-state index is -0.352. The molecule has 6 aliphatic rings. The summed E-state index contributed by atoms with van der Waals surface area (Å²) in [7, 11) is 4.39. The lowest BCUT2D eigenvalue weighted by Crippen LogP contribution is -2.10. The van der Waals surface area contributed by atoms with E-state index in [0.717, 1.165) is 108 Å². The number of rotatable bonds is 16. The van der Waals surface area contributed by atoms with Crippen LogP contribution in [0.25, 0.3) is 99.1 Å². The van der Waals surface area contributed by atoms with Crippen LogP contribution in [0.2, 0.25) is 10.0 Å². The molecule has 6 fully saturated rings. The quantitative estimate of drug-likeness (QED) is 0.0228. The number of thiophene rings is 6. The number of carbonyl (C=O) groups is 9. The molecule has 12 heterocycles. The Morgan fingerprint density at radius 1 is 0.315 bits per heavy atom. The van der Waals surface area contributed by atoms with Gasteiger partial charge in [0.15, 0.2) is 40.5 Å². The van der Waals surface area contributed by atoms with Crippen LogP contribution in [-0.2, 0) is 38.2 Å². The zero-order valence-electron chi connectivity index (χ0n) is 69.5. The van der Waals surface area contributed by atoms with E-state index in [9.17, 15) is 43.2 Å². The van der Waals surface area contributed by atoms with E-state index >= 15 is 0 Å². The van der Waals surface area contributed by atoms with E-state index in [1.807, 2.05) is 231 Å². The highest BCUT2D eigenvalue weighted by Crippen LogP contribution is 2.38. The highest BCUT2D eigenvalue weighted by Gasteiger charge is 2.27. The standard InChI is InChI=1S/C18H15NO3S2.C17H13NO3S2.C17H13NO2S2.C16H13NO2S2.2C15H10ClNOS2/c1-10-7-11(3-5-13(10)18(21)22-2)16-6-4-12(24-16)8-14-15(20)9-17(23)19-14;1-21-17(20)11-4-2-10(3-5-11)15-7-6-12(23-15)8-13-14(19)9-16(22)18-13;1-10(19)11-2-4-12(5-3-11)16-7-6-13(22-16)8-14-15(20)9-17(21)18-14;1-19-11-4-2-10(3-5-11)15-7-6-12(21-15)8-13-14(18)9-16(20)17-13;16-10-3-1-9(2-4-10)14-6-5-11(20-14)7-12-13(18)8-15(19)17-12;16-10-3-1-2-9(6-10)14-5-4-11(20-14)7-12-13(18)8-15(19)17-12/h3-8H,9H2,1-2H3,(H,19,23);2-8H,9H2,1H3,(H,18,22);2-8H,9H2,1H3,(H,18,21);2-8H,9H2,1H3,(H,17,20);2*1-7H,8H2,(H,17,19)/b14-8+;13-8+;14-8+;13-8+;2*12-7+. The number of esters is 2. The number of hydrogen-bond acceptors (Lipinski definition) is 24. The van der Waals surface area contributed by atoms with E-state index < -0.39 is 0 Å². The van der Waals surface area contributed by atoms with Crippen LogP contribution in [0, 0.1) is 6.92 Å². The van der Waals surface area contributed by atoms with Crippen molar-refractivity contribution in [3.05, 3.63) is 308 Å². The molecule has 32 heteroatoms. The van der Waals surface area contributed by atoms with E-state index in [1.54, 1.807) is 100 Å². The number of nitrogens with one attached hydrogen (secondary N) is 6. The Morgan fingerprint density at radius 3 is 0.846 bits per heavy atom. The van der Waals surface area contributed by atoms with Crippen LogP contribution in [0.1, 0.15) is 111 Å². The normalized spacial score (nSPS) is 16.2. The van der Waals surface area contributed by atoms with Gasteiger partial charge in [-0.15, -0.1) is 68.0 Å². The average molecular weight is 1980 g/mol. The first-order chi connectivity index (χ1) is 62.4. The van der Waals surface area contributed by atoms with Gasteiger partial charge in [-0.25, -0.2) is 9.59 Å². The Balaban J connectivity index is 0.000000133. The predicted octanol–water partition coefficient (Wildman–Crippen LogP) is 23.3. The number of halogens is 2. The number of thiocarbonyl (C=S) groups is 6. The molecule has 0 bridgehead atoms. The van der Waals surface area contributed by atoms with Crippen molar-refractivity contribution in [2.75, 3.05) is 21.3 Å². The average Bonchev–Trinajstić information content (AvgIpc) is 1.71. The van der Waals surface area contributed by atoms with Crippen molar-refractivity contribution < 1.29 is 57.4 Å². The molecule has 0 radical (unpaired) electrons. The summed E-state index contributed by atoms with van der Waals surface area (Å²) in [6.07, 6.45) is 12.9. The third kappa shape index (κ3) is 26.1. The summed E-state index contributed by atoms with van der Waals surface area (Å²) < 4.78 is 14.6. The van der Waals surface area contributed by atoms with Gasteiger partial charge in [0.2, 0.25) is 0 Å². The minimum absolute atomic E-state index is 0.0207. The molecule has 0 spiro atoms. The zero-order valence-corrected chi connectivity index (χ0v) is 80.8. The van der Waals surface area contributed by atoms with Crippen molar-refractivity contribution in [1.29, 1.82) is 0 Å². The van der Waals surface area contributed by atoms with Gasteiger partial charge >= 0.3 is 11.9 Å². The molecule has 18 rings (SSSR count). The molecule has 0 saturated carbocycles. The van der Waals surface area contributed by atoms with E-state index in [2.05, 4.69) is 42.7 Å². The molecule has 6 N–H and O–H groups in total. The molecule has 130 heavy (non-hydrogen) atoms. The van der Waals surface area contributed by atoms with Gasteiger partial charge in [0.25, 0.3) is 0 Å². The molecule has 6 aromatic heterocycles. The van der Waals surface area contributed by atoms with Crippen molar-refractivity contribution in [1.82, 2.24) is 31.9 Å². The van der Waals surface area contributed by atoms with Gasteiger partial charge in [0.05, 0.1) is 135 Å². The van der Waals surface area contributed by atoms with Crippen molar-refractivity contribution in [3.63, 3.8) is 0 Å². The second-order valence-corrected chi connectivity index (χ2v) is 39.4. The summed E-state index contributed by atoms with van der Waals surface area (Å²) in [6, 6.07) is 67.8. The van der Waals surface area contributed by atoms with Gasteiger partial charge in [-0.1, -0.05) is 163 Å². The monoisotopic (exact) mass is 1980 g/mol. The fourth-order valence-electron chi connectivity index (χ4n) is 13.0. The van der Waals surface area contributed by atoms with Crippen LogP contribution in [0.15, 0.2) is 247 Å². The number of allylic oxidation sites excluding steroid dienone is 6. The smallest absolute Gasteiger partial charge is 0.338 e. The van der Waals surface area contributed by atoms with Crippen molar-refractivity contribution in [3.8, 4) is 68.4 Å². The zero-order chi connectivity index (χ0) is 92.4. The number of benzene rings is 6. The number of aryl methyl sites for hydroxylation is 1. The summed E-state index contributed by atoms with van der Waals surface area (Å²) in [5, 5.41) is 19.1. The first-order valence-corrected chi connectivity index (χ1v) is 47.6. The van der Waals surface area contributed by atoms with Gasteiger partial charge < -0.3 is 46.1 Å². The predicted molar refractivity (Wildman–Crippen MR) is 553 cm³/mol. The lowest BCUT2D eigenvalue weighted by molar-refractivity contribution is -0.114. The third-order valence-electron chi connectivity index (χ3n) is 19.5. The number of Topliss-reactive ketones (excluding diaryl/α,β-unsaturated/α-hetero) is 7. The molecule has 0 unspecified atom stereocenters. The SMILES string of the molecule is CC(=O)c1ccc(-c2ccc(/C=C3/NC(=S)CC3=O)s2)cc1.COC(=O)c1ccc(-c2ccc(/C=C3/NC(=S)CC3=O)s2)cc1.COC(=O)c1ccc(-c2ccc(/C=C3/NC(=S)CC3=O)s2)cc1C.COc1ccc(-c2ccc(/C=C3/NC(=S)CC3=O)s2)cc1.O=C1CC(=S)N/C1=C/c1ccc(-c2ccc(Cl)cc2)s1.O=C1CC(=S)N/C1=C/c1ccc(-c2cccc(Cl)c2)s1. The third-order valence-corrected chi connectivity index (χ3v) is 28.0. The van der Waals surface area contributed by atoms with E-state index in [4.69, 9.17) is 106 Å². The number of ether oxygens (including phenoxy) is 3. The maximum absolute atomic E-state index is 11.8. The maximum atomic E-state index is 11.8. The second-order valence-electron chi connectivity index (χ2n) is 28.9. The molecule has 12 aromatic rings. The van der Waals surface area contributed by atoms with Gasteiger partial charge in [-0.2, -0.15) is 0 Å². The highest BCUT2D eigenvalue weighted by molar-refractivity contribution is 7.81. The number of hydrogen-bond donors (Lipinski definition) is 6. The summed E-state index contributed by atoms with van der Waals surface area (Å²) in [5.74, 6) is 0.444. The lowest BCUT2D eigenvalue weighted by Gasteiger charge is -2.05. The van der Waals surface area contributed by atoms with Gasteiger partial charge in [0.1, 0.15) is 5.75 Å². The summed E-state index contributed by atoms with van der Waals surface area (Å²) in [4.78, 5) is 121. The molecular formula is C98H74Cl2N6O12S12. The molecule has 654 valence electrons. The van der Waals surface area contributed by atoms with Crippen LogP contribution in [-0.4, -0.2) is 104 Å². The van der Waals surface area contributed by atoms with Crippen molar-refractivity contribution in [2.24, 2.45) is 0 Å². The van der Waals surface area contributed by atoms with Gasteiger partial charge in [-0.05, 0) is 235 Å². The largest absolute Gasteiger partial charge is 0.497 e. The van der Waals surface area contributed by atoms with Crippen molar-refractivity contribution >= 4 is 283 Å². The van der Waals surface area contributed by atoms with Crippen LogP contribution in [0.4, 0.5) is 0 Å². The molecule has 0 atom stereocenters. The Kier molecular flexibility index (Phi) is 33.0.